The van der Waals surface area contributed by atoms with Crippen LogP contribution in [0.4, 0.5) is 4.79 Å². The smallest absolute Gasteiger partial charge is 0.408 e. The van der Waals surface area contributed by atoms with Gasteiger partial charge in [-0.3, -0.25) is 4.79 Å². The minimum Gasteiger partial charge on any atom is -0.480 e. The van der Waals surface area contributed by atoms with E-state index in [4.69, 9.17) is 15.6 Å². The second-order valence-electron chi connectivity index (χ2n) is 5.70. The standard InChI is InChI=1S/C13H24N2O5S/c1-8(10(14)16)7-21-6-5-9(11(17)18)15-12(19)20-13(2,3)4/h8-9H,5-7H2,1-4H3,(H2,14,16)(H,15,19)(H,17,18). The van der Waals surface area contributed by atoms with Crippen LogP contribution in [0.3, 0.4) is 0 Å². The molecule has 0 aliphatic rings. The summed E-state index contributed by atoms with van der Waals surface area (Å²) in [4.78, 5) is 33.5. The van der Waals surface area contributed by atoms with E-state index in [0.717, 1.165) is 0 Å². The van der Waals surface area contributed by atoms with Crippen LogP contribution in [0.2, 0.25) is 0 Å². The number of carboxylic acids is 1. The Morgan fingerprint density at radius 3 is 2.33 bits per heavy atom. The number of carboxylic acid groups (broad SMARTS) is 1. The van der Waals surface area contributed by atoms with Gasteiger partial charge in [0.15, 0.2) is 0 Å². The highest BCUT2D eigenvalue weighted by molar-refractivity contribution is 7.99. The molecule has 0 rings (SSSR count). The van der Waals surface area contributed by atoms with Gasteiger partial charge in [-0.05, 0) is 32.9 Å². The van der Waals surface area contributed by atoms with E-state index >= 15 is 0 Å². The molecule has 0 aromatic carbocycles. The molecule has 21 heavy (non-hydrogen) atoms. The average Bonchev–Trinajstić information content (AvgIpc) is 2.29. The lowest BCUT2D eigenvalue weighted by Gasteiger charge is -2.22. The van der Waals surface area contributed by atoms with Crippen molar-refractivity contribution in [2.75, 3.05) is 11.5 Å². The highest BCUT2D eigenvalue weighted by atomic mass is 32.2. The number of rotatable bonds is 8. The predicted molar refractivity (Wildman–Crippen MR) is 81.1 cm³/mol. The number of nitrogens with two attached hydrogens (primary N) is 1. The largest absolute Gasteiger partial charge is 0.480 e. The highest BCUT2D eigenvalue weighted by Gasteiger charge is 2.23. The minimum atomic E-state index is -1.12. The SMILES string of the molecule is CC(CSCCC(NC(=O)OC(C)(C)C)C(=O)O)C(N)=O. The molecule has 0 aliphatic heterocycles. The Morgan fingerprint density at radius 2 is 1.90 bits per heavy atom. The van der Waals surface area contributed by atoms with Crippen LogP contribution in [-0.4, -0.2) is 46.2 Å². The van der Waals surface area contributed by atoms with Crippen molar-refractivity contribution in [2.45, 2.75) is 45.8 Å². The van der Waals surface area contributed by atoms with E-state index in [1.54, 1.807) is 27.7 Å². The molecule has 0 aromatic rings. The molecule has 4 N–H and O–H groups in total. The molecule has 0 fully saturated rings. The summed E-state index contributed by atoms with van der Waals surface area (Å²) in [6.07, 6.45) is -0.518. The Labute approximate surface area is 129 Å². The summed E-state index contributed by atoms with van der Waals surface area (Å²) in [6.45, 7) is 6.80. The number of primary amides is 1. The maximum atomic E-state index is 11.5. The van der Waals surface area contributed by atoms with Gasteiger partial charge in [-0.25, -0.2) is 9.59 Å². The van der Waals surface area contributed by atoms with Gasteiger partial charge in [-0.1, -0.05) is 6.92 Å². The monoisotopic (exact) mass is 320 g/mol. The lowest BCUT2D eigenvalue weighted by atomic mass is 10.2. The highest BCUT2D eigenvalue weighted by Crippen LogP contribution is 2.12. The first-order chi connectivity index (χ1) is 9.53. The third kappa shape index (κ3) is 10.0. The van der Waals surface area contributed by atoms with Gasteiger partial charge in [-0.15, -0.1) is 0 Å². The van der Waals surface area contributed by atoms with E-state index < -0.39 is 23.7 Å². The predicted octanol–water partition coefficient (Wildman–Crippen LogP) is 1.21. The van der Waals surface area contributed by atoms with Crippen LogP contribution < -0.4 is 11.1 Å². The maximum Gasteiger partial charge on any atom is 0.408 e. The molecule has 0 aromatic heterocycles. The normalized spacial score (nSPS) is 14.1. The summed E-state index contributed by atoms with van der Waals surface area (Å²) in [6, 6.07) is -1.02. The Bertz CT molecular complexity index is 381. The van der Waals surface area contributed by atoms with Gasteiger partial charge < -0.3 is 20.9 Å². The van der Waals surface area contributed by atoms with E-state index in [0.29, 0.717) is 11.5 Å². The molecule has 2 atom stereocenters. The number of alkyl carbamates (subject to hydrolysis) is 1. The van der Waals surface area contributed by atoms with Crippen LogP contribution in [0.1, 0.15) is 34.1 Å². The number of amides is 2. The van der Waals surface area contributed by atoms with Gasteiger partial charge in [0.2, 0.25) is 5.91 Å². The van der Waals surface area contributed by atoms with Gasteiger partial charge in [0, 0.05) is 11.7 Å². The lowest BCUT2D eigenvalue weighted by Crippen LogP contribution is -2.43. The van der Waals surface area contributed by atoms with Gasteiger partial charge in [0.05, 0.1) is 0 Å². The molecular formula is C13H24N2O5S. The zero-order valence-electron chi connectivity index (χ0n) is 12.8. The Kier molecular flexibility index (Phi) is 8.16. The van der Waals surface area contributed by atoms with Crippen LogP contribution in [0.15, 0.2) is 0 Å². The average molecular weight is 320 g/mol. The molecule has 0 saturated carbocycles. The summed E-state index contributed by atoms with van der Waals surface area (Å²) in [5.74, 6) is -0.760. The summed E-state index contributed by atoms with van der Waals surface area (Å²) in [5.41, 5.74) is 4.45. The van der Waals surface area contributed by atoms with Gasteiger partial charge >= 0.3 is 12.1 Å². The van der Waals surface area contributed by atoms with Crippen molar-refractivity contribution < 1.29 is 24.2 Å². The molecular weight excluding hydrogens is 296 g/mol. The van der Waals surface area contributed by atoms with E-state index in [9.17, 15) is 14.4 Å². The molecule has 0 radical (unpaired) electrons. The van der Waals surface area contributed by atoms with Crippen molar-refractivity contribution in [1.82, 2.24) is 5.32 Å². The lowest BCUT2D eigenvalue weighted by molar-refractivity contribution is -0.139. The second-order valence-corrected chi connectivity index (χ2v) is 6.85. The third-order valence-corrected chi connectivity index (χ3v) is 3.65. The first kappa shape index (κ1) is 19.6. The second kappa shape index (κ2) is 8.76. The van der Waals surface area contributed by atoms with Crippen LogP contribution in [0.5, 0.6) is 0 Å². The van der Waals surface area contributed by atoms with Crippen LogP contribution in [0, 0.1) is 5.92 Å². The fourth-order valence-corrected chi connectivity index (χ4v) is 2.34. The number of nitrogens with one attached hydrogen (secondary N) is 1. The molecule has 0 aliphatic carbocycles. The zero-order chi connectivity index (χ0) is 16.6. The Morgan fingerprint density at radius 1 is 1.33 bits per heavy atom. The summed E-state index contributed by atoms with van der Waals surface area (Å²) in [7, 11) is 0. The van der Waals surface area contributed by atoms with E-state index in [2.05, 4.69) is 5.32 Å². The van der Waals surface area contributed by atoms with Crippen molar-refractivity contribution in [3.05, 3.63) is 0 Å². The van der Waals surface area contributed by atoms with Gasteiger partial charge in [-0.2, -0.15) is 11.8 Å². The maximum absolute atomic E-state index is 11.5. The third-order valence-electron chi connectivity index (χ3n) is 2.39. The van der Waals surface area contributed by atoms with Gasteiger partial charge in [0.25, 0.3) is 0 Å². The molecule has 0 saturated heterocycles. The topological polar surface area (TPSA) is 119 Å². The summed E-state index contributed by atoms with van der Waals surface area (Å²) < 4.78 is 5.01. The van der Waals surface area contributed by atoms with E-state index in [-0.39, 0.29) is 18.2 Å². The molecule has 0 heterocycles. The first-order valence-electron chi connectivity index (χ1n) is 6.62. The fraction of sp³-hybridized carbons (Fsp3) is 0.769. The molecule has 7 nitrogen and oxygen atoms in total. The Balaban J connectivity index is 4.18. The summed E-state index contributed by atoms with van der Waals surface area (Å²) in [5, 5.41) is 11.4. The molecule has 2 unspecified atom stereocenters. The van der Waals surface area contributed by atoms with Crippen molar-refractivity contribution >= 4 is 29.7 Å². The number of aliphatic carboxylic acids is 1. The number of hydrogen-bond donors (Lipinski definition) is 3. The quantitative estimate of drug-likeness (QED) is 0.578. The number of carbonyl (C=O) groups is 3. The fourth-order valence-electron chi connectivity index (χ4n) is 1.25. The van der Waals surface area contributed by atoms with Crippen LogP contribution >= 0.6 is 11.8 Å². The van der Waals surface area contributed by atoms with E-state index in [1.807, 2.05) is 0 Å². The number of carbonyl (C=O) groups excluding carboxylic acids is 2. The molecule has 2 amide bonds. The Hall–Kier alpha value is -1.44. The molecule has 0 spiro atoms. The number of thioether (sulfide) groups is 1. The number of ether oxygens (including phenoxy) is 1. The molecule has 122 valence electrons. The van der Waals surface area contributed by atoms with Crippen LogP contribution in [0.25, 0.3) is 0 Å². The summed E-state index contributed by atoms with van der Waals surface area (Å²) >= 11 is 1.42. The van der Waals surface area contributed by atoms with Gasteiger partial charge in [0.1, 0.15) is 11.6 Å². The van der Waals surface area contributed by atoms with Crippen molar-refractivity contribution in [2.24, 2.45) is 11.7 Å². The number of hydrogen-bond acceptors (Lipinski definition) is 5. The van der Waals surface area contributed by atoms with Crippen molar-refractivity contribution in [1.29, 1.82) is 0 Å². The first-order valence-corrected chi connectivity index (χ1v) is 7.77. The zero-order valence-corrected chi connectivity index (χ0v) is 13.7. The van der Waals surface area contributed by atoms with Crippen molar-refractivity contribution in [3.63, 3.8) is 0 Å². The van der Waals surface area contributed by atoms with Crippen molar-refractivity contribution in [3.8, 4) is 0 Å². The van der Waals surface area contributed by atoms with E-state index in [1.165, 1.54) is 11.8 Å². The minimum absolute atomic E-state index is 0.241. The van der Waals surface area contributed by atoms with Crippen LogP contribution in [-0.2, 0) is 14.3 Å². The molecule has 8 heteroatoms. The molecule has 0 bridgehead atoms.